The lowest BCUT2D eigenvalue weighted by Crippen LogP contribution is -2.30. The third-order valence-corrected chi connectivity index (χ3v) is 3.53. The lowest BCUT2D eigenvalue weighted by atomic mass is 10.2. The van der Waals surface area contributed by atoms with Crippen molar-refractivity contribution >= 4 is 23.3 Å². The first-order valence-corrected chi connectivity index (χ1v) is 7.48. The topological polar surface area (TPSA) is 76.0 Å². The van der Waals surface area contributed by atoms with E-state index in [0.29, 0.717) is 6.20 Å². The number of nitrogens with zero attached hydrogens (tertiary/aromatic N) is 2. The summed E-state index contributed by atoms with van der Waals surface area (Å²) in [6, 6.07) is 3.48. The predicted octanol–water partition coefficient (Wildman–Crippen LogP) is 2.29. The average molecular weight is 375 g/mol. The molecule has 134 valence electrons. The second-order valence-electron chi connectivity index (χ2n) is 5.10. The van der Waals surface area contributed by atoms with Crippen LogP contribution in [-0.4, -0.2) is 28.5 Å². The molecule has 0 saturated carbocycles. The summed E-state index contributed by atoms with van der Waals surface area (Å²) in [4.78, 5) is 27.0. The van der Waals surface area contributed by atoms with Crippen molar-refractivity contribution in [3.05, 3.63) is 57.1 Å². The quantitative estimate of drug-likeness (QED) is 0.787. The predicted molar refractivity (Wildman–Crippen MR) is 86.8 cm³/mol. The van der Waals surface area contributed by atoms with Gasteiger partial charge in [0.25, 0.3) is 11.5 Å². The molecule has 0 aromatic carbocycles. The van der Waals surface area contributed by atoms with Crippen molar-refractivity contribution in [1.82, 2.24) is 14.9 Å². The van der Waals surface area contributed by atoms with Gasteiger partial charge in [-0.1, -0.05) is 11.6 Å². The normalized spacial score (nSPS) is 11.2. The standard InChI is InChI=1S/C15H14ClF3N4O2/c1-23-5-2-9(6-12(23)24)14(25)21-4-3-20-13-11(16)7-10(8-22-13)15(17,18)19/h2,5-8H,3-4H2,1H3,(H,20,22)(H,21,25). The van der Waals surface area contributed by atoms with Crippen molar-refractivity contribution in [2.45, 2.75) is 6.18 Å². The molecule has 2 aromatic rings. The highest BCUT2D eigenvalue weighted by molar-refractivity contribution is 6.32. The molecule has 2 rings (SSSR count). The molecule has 0 aliphatic rings. The zero-order chi connectivity index (χ0) is 18.6. The van der Waals surface area contributed by atoms with Gasteiger partial charge < -0.3 is 15.2 Å². The molecule has 10 heteroatoms. The summed E-state index contributed by atoms with van der Waals surface area (Å²) in [5.74, 6) is -0.358. The fourth-order valence-electron chi connectivity index (χ4n) is 1.87. The van der Waals surface area contributed by atoms with Crippen LogP contribution in [0.15, 0.2) is 35.4 Å². The number of carbonyl (C=O) groups is 1. The number of halogens is 4. The Hall–Kier alpha value is -2.55. The Kier molecular flexibility index (Phi) is 5.68. The van der Waals surface area contributed by atoms with Gasteiger partial charge >= 0.3 is 6.18 Å². The minimum Gasteiger partial charge on any atom is -0.367 e. The lowest BCUT2D eigenvalue weighted by molar-refractivity contribution is -0.137. The molecule has 2 N–H and O–H groups in total. The molecule has 1 amide bonds. The van der Waals surface area contributed by atoms with Gasteiger partial charge in [-0.05, 0) is 12.1 Å². The first-order chi connectivity index (χ1) is 11.7. The second kappa shape index (κ2) is 7.56. The highest BCUT2D eigenvalue weighted by Gasteiger charge is 2.31. The second-order valence-corrected chi connectivity index (χ2v) is 5.51. The van der Waals surface area contributed by atoms with E-state index in [0.717, 1.165) is 6.07 Å². The molecule has 2 heterocycles. The minimum atomic E-state index is -4.52. The number of carbonyl (C=O) groups excluding carboxylic acids is 1. The monoisotopic (exact) mass is 374 g/mol. The van der Waals surface area contributed by atoms with Gasteiger partial charge in [-0.15, -0.1) is 0 Å². The van der Waals surface area contributed by atoms with Crippen LogP contribution in [0.25, 0.3) is 0 Å². The molecule has 0 fully saturated rings. The zero-order valence-electron chi connectivity index (χ0n) is 13.0. The molecular formula is C15H14ClF3N4O2. The number of aryl methyl sites for hydroxylation is 1. The van der Waals surface area contributed by atoms with E-state index in [9.17, 15) is 22.8 Å². The van der Waals surface area contributed by atoms with Crippen LogP contribution >= 0.6 is 11.6 Å². The fraction of sp³-hybridized carbons (Fsp3) is 0.267. The number of hydrogen-bond donors (Lipinski definition) is 2. The SMILES string of the molecule is Cn1ccc(C(=O)NCCNc2ncc(C(F)(F)F)cc2Cl)cc1=O. The van der Waals surface area contributed by atoms with Crippen LogP contribution in [0, 0.1) is 0 Å². The van der Waals surface area contributed by atoms with Gasteiger partial charge in [-0.3, -0.25) is 9.59 Å². The van der Waals surface area contributed by atoms with Crippen molar-refractivity contribution in [3.8, 4) is 0 Å². The Labute approximate surface area is 145 Å². The molecule has 0 atom stereocenters. The van der Waals surface area contributed by atoms with Crippen molar-refractivity contribution in [2.75, 3.05) is 18.4 Å². The number of aromatic nitrogens is 2. The molecule has 0 aliphatic heterocycles. The van der Waals surface area contributed by atoms with Gasteiger partial charge in [0.15, 0.2) is 0 Å². The van der Waals surface area contributed by atoms with Crippen molar-refractivity contribution in [1.29, 1.82) is 0 Å². The minimum absolute atomic E-state index is 0.0810. The average Bonchev–Trinajstić information content (AvgIpc) is 2.54. The lowest BCUT2D eigenvalue weighted by Gasteiger charge is -2.11. The van der Waals surface area contributed by atoms with Gasteiger partial charge in [0.1, 0.15) is 5.82 Å². The van der Waals surface area contributed by atoms with Crippen LogP contribution in [0.5, 0.6) is 0 Å². The molecule has 25 heavy (non-hydrogen) atoms. The number of hydrogen-bond acceptors (Lipinski definition) is 4. The maximum Gasteiger partial charge on any atom is 0.417 e. The van der Waals surface area contributed by atoms with Gasteiger partial charge in [-0.2, -0.15) is 13.2 Å². The summed E-state index contributed by atoms with van der Waals surface area (Å²) in [5.41, 5.74) is -1.04. The number of alkyl halides is 3. The van der Waals surface area contributed by atoms with Crippen LogP contribution in [0.4, 0.5) is 19.0 Å². The van der Waals surface area contributed by atoms with Crippen molar-refractivity contribution in [3.63, 3.8) is 0 Å². The fourth-order valence-corrected chi connectivity index (χ4v) is 2.10. The number of nitrogens with one attached hydrogen (secondary N) is 2. The Bertz CT molecular complexity index is 836. The van der Waals surface area contributed by atoms with Crippen LogP contribution in [0.2, 0.25) is 5.02 Å². The van der Waals surface area contributed by atoms with E-state index in [4.69, 9.17) is 11.6 Å². The smallest absolute Gasteiger partial charge is 0.367 e. The highest BCUT2D eigenvalue weighted by Crippen LogP contribution is 2.32. The first-order valence-electron chi connectivity index (χ1n) is 7.10. The van der Waals surface area contributed by atoms with Gasteiger partial charge in [0.05, 0.1) is 10.6 Å². The number of pyridine rings is 2. The van der Waals surface area contributed by atoms with E-state index in [-0.39, 0.29) is 35.1 Å². The van der Waals surface area contributed by atoms with Gasteiger partial charge in [-0.25, -0.2) is 4.98 Å². The summed E-state index contributed by atoms with van der Waals surface area (Å²) >= 11 is 5.76. The summed E-state index contributed by atoms with van der Waals surface area (Å²) in [5, 5.41) is 5.13. The molecule has 0 saturated heterocycles. The third-order valence-electron chi connectivity index (χ3n) is 3.24. The molecule has 0 bridgehead atoms. The van der Waals surface area contributed by atoms with E-state index in [1.54, 1.807) is 7.05 Å². The maximum atomic E-state index is 12.5. The van der Waals surface area contributed by atoms with Crippen molar-refractivity contribution < 1.29 is 18.0 Å². The molecule has 0 unspecified atom stereocenters. The Balaban J connectivity index is 1.87. The van der Waals surface area contributed by atoms with E-state index >= 15 is 0 Å². The Morgan fingerprint density at radius 1 is 1.32 bits per heavy atom. The van der Waals surface area contributed by atoms with E-state index in [1.165, 1.54) is 22.9 Å². The van der Waals surface area contributed by atoms with Crippen LogP contribution in [0.1, 0.15) is 15.9 Å². The summed E-state index contributed by atoms with van der Waals surface area (Å²) < 4.78 is 38.9. The molecule has 0 radical (unpaired) electrons. The van der Waals surface area contributed by atoms with Gasteiger partial charge in [0, 0.05) is 44.2 Å². The summed E-state index contributed by atoms with van der Waals surface area (Å²) in [6.45, 7) is 0.349. The first kappa shape index (κ1) is 18.8. The van der Waals surface area contributed by atoms with Gasteiger partial charge in [0.2, 0.25) is 0 Å². The summed E-state index contributed by atoms with van der Waals surface area (Å²) in [7, 11) is 1.56. The van der Waals surface area contributed by atoms with Crippen LogP contribution in [-0.2, 0) is 13.2 Å². The number of anilines is 1. The largest absolute Gasteiger partial charge is 0.417 e. The maximum absolute atomic E-state index is 12.5. The summed E-state index contributed by atoms with van der Waals surface area (Å²) in [6.07, 6.45) is -2.37. The third kappa shape index (κ3) is 4.96. The van der Waals surface area contributed by atoms with Crippen molar-refractivity contribution in [2.24, 2.45) is 7.05 Å². The zero-order valence-corrected chi connectivity index (χ0v) is 13.8. The van der Waals surface area contributed by atoms with Crippen LogP contribution < -0.4 is 16.2 Å². The van der Waals surface area contributed by atoms with E-state index in [1.807, 2.05) is 0 Å². The molecular weight excluding hydrogens is 361 g/mol. The van der Waals surface area contributed by atoms with E-state index in [2.05, 4.69) is 15.6 Å². The number of rotatable bonds is 5. The molecule has 0 spiro atoms. The number of amides is 1. The van der Waals surface area contributed by atoms with Crippen LogP contribution in [0.3, 0.4) is 0 Å². The molecule has 6 nitrogen and oxygen atoms in total. The Morgan fingerprint density at radius 2 is 2.04 bits per heavy atom. The highest BCUT2D eigenvalue weighted by atomic mass is 35.5. The molecule has 2 aromatic heterocycles. The van der Waals surface area contributed by atoms with E-state index < -0.39 is 17.6 Å². The Morgan fingerprint density at radius 3 is 2.64 bits per heavy atom. The molecule has 0 aliphatic carbocycles.